The van der Waals surface area contributed by atoms with E-state index < -0.39 is 12.1 Å². The molecule has 1 unspecified atom stereocenters. The van der Waals surface area contributed by atoms with Crippen LogP contribution in [0.5, 0.6) is 0 Å². The maximum atomic E-state index is 12.0. The summed E-state index contributed by atoms with van der Waals surface area (Å²) in [6.45, 7) is 8.40. The Morgan fingerprint density at radius 2 is 2.00 bits per heavy atom. The van der Waals surface area contributed by atoms with Crippen LogP contribution in [0.1, 0.15) is 35.3 Å². The fraction of sp³-hybridized carbons (Fsp3) is 0.538. The Morgan fingerprint density at radius 1 is 1.42 bits per heavy atom. The second-order valence-electron chi connectivity index (χ2n) is 4.18. The van der Waals surface area contributed by atoms with E-state index in [0.29, 0.717) is 23.7 Å². The first kappa shape index (κ1) is 15.5. The van der Waals surface area contributed by atoms with Gasteiger partial charge < -0.3 is 15.4 Å². The van der Waals surface area contributed by atoms with Crippen molar-refractivity contribution in [3.8, 4) is 0 Å². The first-order chi connectivity index (χ1) is 8.90. The van der Waals surface area contributed by atoms with Crippen LogP contribution in [0.2, 0.25) is 0 Å². The van der Waals surface area contributed by atoms with Gasteiger partial charge in [-0.05, 0) is 33.8 Å². The Morgan fingerprint density at radius 3 is 2.42 bits per heavy atom. The maximum Gasteiger partial charge on any atom is 0.349 e. The van der Waals surface area contributed by atoms with Crippen molar-refractivity contribution in [2.75, 3.05) is 18.8 Å². The first-order valence-electron chi connectivity index (χ1n) is 6.26. The molecule has 0 saturated heterocycles. The van der Waals surface area contributed by atoms with Gasteiger partial charge in [-0.1, -0.05) is 0 Å². The van der Waals surface area contributed by atoms with Crippen molar-refractivity contribution in [1.29, 1.82) is 0 Å². The van der Waals surface area contributed by atoms with Gasteiger partial charge in [-0.15, -0.1) is 11.3 Å². The van der Waals surface area contributed by atoms with E-state index in [-0.39, 0.29) is 5.91 Å². The van der Waals surface area contributed by atoms with Crippen molar-refractivity contribution >= 4 is 28.9 Å². The van der Waals surface area contributed by atoms with E-state index in [4.69, 9.17) is 10.5 Å². The third kappa shape index (κ3) is 3.70. The van der Waals surface area contributed by atoms with Gasteiger partial charge in [0.15, 0.2) is 6.10 Å². The van der Waals surface area contributed by atoms with Gasteiger partial charge in [-0.3, -0.25) is 4.79 Å². The van der Waals surface area contributed by atoms with E-state index in [1.54, 1.807) is 17.9 Å². The highest BCUT2D eigenvalue weighted by atomic mass is 32.1. The molecular formula is C13H20N2O3S. The molecule has 1 aromatic rings. The molecule has 1 aromatic heterocycles. The summed E-state index contributed by atoms with van der Waals surface area (Å²) in [5.74, 6) is -0.683. The average Bonchev–Trinajstić information content (AvgIpc) is 2.71. The molecule has 0 aliphatic carbocycles. The molecule has 2 N–H and O–H groups in total. The fourth-order valence-electron chi connectivity index (χ4n) is 1.66. The number of likely N-dealkylation sites (N-methyl/N-ethyl adjacent to an activating group) is 1. The summed E-state index contributed by atoms with van der Waals surface area (Å²) >= 11 is 1.27. The van der Waals surface area contributed by atoms with E-state index in [1.807, 2.05) is 20.8 Å². The Balaban J connectivity index is 2.68. The second kappa shape index (κ2) is 6.56. The van der Waals surface area contributed by atoms with Crippen LogP contribution in [-0.4, -0.2) is 36.0 Å². The summed E-state index contributed by atoms with van der Waals surface area (Å²) < 4.78 is 5.18. The van der Waals surface area contributed by atoms with Gasteiger partial charge in [0.25, 0.3) is 5.91 Å². The summed E-state index contributed by atoms with van der Waals surface area (Å²) in [5.41, 5.74) is 6.26. The molecule has 0 aliphatic rings. The molecule has 1 atom stereocenters. The molecular weight excluding hydrogens is 264 g/mol. The number of nitrogens with zero attached hydrogens (tertiary/aromatic N) is 1. The summed E-state index contributed by atoms with van der Waals surface area (Å²) in [5, 5.41) is 0. The van der Waals surface area contributed by atoms with Gasteiger partial charge in [-0.25, -0.2) is 4.79 Å². The Bertz CT molecular complexity index is 447. The lowest BCUT2D eigenvalue weighted by molar-refractivity contribution is -0.139. The Kier molecular flexibility index (Phi) is 5.35. The number of carbonyl (C=O) groups is 2. The largest absolute Gasteiger partial charge is 0.448 e. The van der Waals surface area contributed by atoms with Crippen LogP contribution in [0.15, 0.2) is 6.07 Å². The van der Waals surface area contributed by atoms with E-state index in [1.165, 1.54) is 11.3 Å². The van der Waals surface area contributed by atoms with Gasteiger partial charge in [0.1, 0.15) is 4.88 Å². The molecule has 0 aromatic carbocycles. The SMILES string of the molecule is CCN(CC)C(=O)C(C)OC(=O)c1cc(N)c(C)s1. The molecule has 106 valence electrons. The Hall–Kier alpha value is -1.56. The number of nitrogens with two attached hydrogens (primary N) is 1. The van der Waals surface area contributed by atoms with Crippen molar-refractivity contribution in [3.63, 3.8) is 0 Å². The van der Waals surface area contributed by atoms with Gasteiger partial charge in [0, 0.05) is 23.7 Å². The molecule has 0 radical (unpaired) electrons. The number of hydrogen-bond acceptors (Lipinski definition) is 5. The number of anilines is 1. The minimum absolute atomic E-state index is 0.181. The lowest BCUT2D eigenvalue weighted by Gasteiger charge is -2.22. The third-order valence-corrected chi connectivity index (χ3v) is 3.91. The molecule has 1 amide bonds. The average molecular weight is 284 g/mol. The second-order valence-corrected chi connectivity index (χ2v) is 5.44. The van der Waals surface area contributed by atoms with Crippen molar-refractivity contribution in [2.45, 2.75) is 33.8 Å². The molecule has 0 aliphatic heterocycles. The summed E-state index contributed by atoms with van der Waals surface area (Å²) in [7, 11) is 0. The molecule has 0 saturated carbocycles. The molecule has 1 rings (SSSR count). The van der Waals surface area contributed by atoms with Crippen molar-refractivity contribution in [2.24, 2.45) is 0 Å². The minimum Gasteiger partial charge on any atom is -0.448 e. The molecule has 5 nitrogen and oxygen atoms in total. The lowest BCUT2D eigenvalue weighted by atomic mass is 10.3. The highest BCUT2D eigenvalue weighted by molar-refractivity contribution is 7.14. The molecule has 0 spiro atoms. The van der Waals surface area contributed by atoms with Gasteiger partial charge in [0.2, 0.25) is 0 Å². The number of rotatable bonds is 5. The zero-order chi connectivity index (χ0) is 14.6. The number of carbonyl (C=O) groups excluding carboxylic acids is 2. The first-order valence-corrected chi connectivity index (χ1v) is 7.08. The van der Waals surface area contributed by atoms with E-state index >= 15 is 0 Å². The number of aryl methyl sites for hydroxylation is 1. The van der Waals surface area contributed by atoms with Crippen molar-refractivity contribution < 1.29 is 14.3 Å². The molecule has 0 bridgehead atoms. The maximum absolute atomic E-state index is 12.0. The topological polar surface area (TPSA) is 72.6 Å². The number of ether oxygens (including phenoxy) is 1. The van der Waals surface area contributed by atoms with Crippen LogP contribution in [0.4, 0.5) is 5.69 Å². The van der Waals surface area contributed by atoms with E-state index in [2.05, 4.69) is 0 Å². The quantitative estimate of drug-likeness (QED) is 0.840. The van der Waals surface area contributed by atoms with Gasteiger partial charge >= 0.3 is 5.97 Å². The fourth-order valence-corrected chi connectivity index (χ4v) is 2.48. The standard InChI is InChI=1S/C13H20N2O3S/c1-5-15(6-2)12(16)8(3)18-13(17)11-7-10(14)9(4)19-11/h7-8H,5-6,14H2,1-4H3. The van der Waals surface area contributed by atoms with Crippen LogP contribution in [0, 0.1) is 6.92 Å². The number of hydrogen-bond donors (Lipinski definition) is 1. The normalized spacial score (nSPS) is 12.0. The third-order valence-electron chi connectivity index (χ3n) is 2.86. The molecule has 0 fully saturated rings. The van der Waals surface area contributed by atoms with Crippen LogP contribution in [-0.2, 0) is 9.53 Å². The minimum atomic E-state index is -0.781. The predicted molar refractivity (Wildman–Crippen MR) is 76.3 cm³/mol. The predicted octanol–water partition coefficient (Wildman–Crippen LogP) is 2.05. The van der Waals surface area contributed by atoms with Crippen molar-refractivity contribution in [1.82, 2.24) is 4.90 Å². The smallest absolute Gasteiger partial charge is 0.349 e. The number of thiophene rings is 1. The van der Waals surface area contributed by atoms with Crippen LogP contribution in [0.3, 0.4) is 0 Å². The zero-order valence-electron chi connectivity index (χ0n) is 11.7. The molecule has 6 heteroatoms. The number of nitrogen functional groups attached to an aromatic ring is 1. The van der Waals surface area contributed by atoms with E-state index in [9.17, 15) is 9.59 Å². The Labute approximate surface area is 117 Å². The lowest BCUT2D eigenvalue weighted by Crippen LogP contribution is -2.39. The van der Waals surface area contributed by atoms with Gasteiger partial charge in [-0.2, -0.15) is 0 Å². The highest BCUT2D eigenvalue weighted by Crippen LogP contribution is 2.24. The number of amides is 1. The summed E-state index contributed by atoms with van der Waals surface area (Å²) in [4.78, 5) is 26.8. The molecule has 1 heterocycles. The van der Waals surface area contributed by atoms with Gasteiger partial charge in [0.05, 0.1) is 0 Å². The van der Waals surface area contributed by atoms with Crippen LogP contribution >= 0.6 is 11.3 Å². The summed E-state index contributed by atoms with van der Waals surface area (Å²) in [6, 6.07) is 1.58. The highest BCUT2D eigenvalue weighted by Gasteiger charge is 2.23. The van der Waals surface area contributed by atoms with Crippen LogP contribution in [0.25, 0.3) is 0 Å². The van der Waals surface area contributed by atoms with E-state index in [0.717, 1.165) is 4.88 Å². The monoisotopic (exact) mass is 284 g/mol. The van der Waals surface area contributed by atoms with Crippen molar-refractivity contribution in [3.05, 3.63) is 15.8 Å². The van der Waals surface area contributed by atoms with Crippen LogP contribution < -0.4 is 5.73 Å². The molecule has 19 heavy (non-hydrogen) atoms. The zero-order valence-corrected chi connectivity index (χ0v) is 12.5. The summed E-state index contributed by atoms with van der Waals surface area (Å²) in [6.07, 6.45) is -0.781. The number of esters is 1.